The van der Waals surface area contributed by atoms with E-state index in [1.54, 1.807) is 46.1 Å². The number of nitrogens with zero attached hydrogens (tertiary/aromatic N) is 4. The van der Waals surface area contributed by atoms with Gasteiger partial charge >= 0.3 is 18.1 Å². The second kappa shape index (κ2) is 14.1. The number of ether oxygens (including phenoxy) is 3. The molecule has 1 aliphatic carbocycles. The van der Waals surface area contributed by atoms with Crippen molar-refractivity contribution in [1.29, 1.82) is 0 Å². The average Bonchev–Trinajstić information content (AvgIpc) is 3.37. The van der Waals surface area contributed by atoms with E-state index in [2.05, 4.69) is 20.9 Å². The van der Waals surface area contributed by atoms with Gasteiger partial charge in [-0.25, -0.2) is 24.8 Å². The van der Waals surface area contributed by atoms with Crippen molar-refractivity contribution in [2.75, 3.05) is 20.2 Å². The average molecular weight is 707 g/mol. The quantitative estimate of drug-likeness (QED) is 0.292. The first-order valence-corrected chi connectivity index (χ1v) is 17.6. The number of amides is 4. The minimum absolute atomic E-state index is 0.0372. The Balaban J connectivity index is 1.36. The first-order chi connectivity index (χ1) is 23.9. The Morgan fingerprint density at radius 3 is 2.68 bits per heavy atom. The number of urea groups is 1. The van der Waals surface area contributed by atoms with Crippen LogP contribution in [0.4, 0.5) is 9.59 Å². The van der Waals surface area contributed by atoms with Crippen LogP contribution in [-0.4, -0.2) is 92.7 Å². The smallest absolute Gasteiger partial charge is 0.426 e. The fourth-order valence-corrected chi connectivity index (χ4v) is 7.10. The van der Waals surface area contributed by atoms with E-state index in [1.807, 2.05) is 29.7 Å². The summed E-state index contributed by atoms with van der Waals surface area (Å²) in [6.45, 7) is 5.29. The molecule has 15 heteroatoms. The summed E-state index contributed by atoms with van der Waals surface area (Å²) < 4.78 is 17.6. The lowest BCUT2D eigenvalue weighted by atomic mass is 10.1. The van der Waals surface area contributed by atoms with Gasteiger partial charge in [0.05, 0.1) is 29.4 Å². The number of aromatic nitrogens is 2. The Morgan fingerprint density at radius 1 is 1.14 bits per heavy atom. The van der Waals surface area contributed by atoms with Gasteiger partial charge in [-0.1, -0.05) is 24.6 Å². The summed E-state index contributed by atoms with van der Waals surface area (Å²) in [7, 11) is 1.56. The lowest BCUT2D eigenvalue weighted by molar-refractivity contribution is -0.144. The molecule has 50 heavy (non-hydrogen) atoms. The predicted molar refractivity (Wildman–Crippen MR) is 185 cm³/mol. The monoisotopic (exact) mass is 706 g/mol. The Morgan fingerprint density at radius 2 is 1.96 bits per heavy atom. The van der Waals surface area contributed by atoms with Crippen molar-refractivity contribution in [3.8, 4) is 22.1 Å². The Kier molecular flexibility index (Phi) is 9.87. The van der Waals surface area contributed by atoms with Gasteiger partial charge in [0.2, 0.25) is 5.91 Å². The molecule has 1 aromatic carbocycles. The van der Waals surface area contributed by atoms with Crippen molar-refractivity contribution >= 4 is 46.2 Å². The maximum Gasteiger partial charge on any atom is 0.426 e. The Labute approximate surface area is 293 Å². The van der Waals surface area contributed by atoms with Crippen LogP contribution in [0, 0.1) is 5.92 Å². The molecule has 3 aliphatic rings. The first-order valence-electron chi connectivity index (χ1n) is 16.7. The fraction of sp³-hybridized carbons (Fsp3) is 0.486. The van der Waals surface area contributed by atoms with E-state index in [9.17, 15) is 24.3 Å². The van der Waals surface area contributed by atoms with Crippen LogP contribution in [0.2, 0.25) is 0 Å². The summed E-state index contributed by atoms with van der Waals surface area (Å²) in [5.41, 5.74) is 1.36. The SMILES string of the molecule is COc1ccc2nnc(-c3cccs3)c(OC3CC4C(=O)NC5(C(=O)O)CC5/C=C\CCCCCN(NC(=O)OC(C)(C)C)C(=O)N4C3)c2c1. The van der Waals surface area contributed by atoms with Gasteiger partial charge < -0.3 is 29.5 Å². The largest absolute Gasteiger partial charge is 0.497 e. The number of hydrogen-bond donors (Lipinski definition) is 3. The summed E-state index contributed by atoms with van der Waals surface area (Å²) in [5.74, 6) is -1.13. The van der Waals surface area contributed by atoms with Gasteiger partial charge in [-0.15, -0.1) is 21.5 Å². The first kappa shape index (κ1) is 34.9. The van der Waals surface area contributed by atoms with Crippen LogP contribution in [0.15, 0.2) is 47.9 Å². The van der Waals surface area contributed by atoms with Crippen LogP contribution in [-0.2, 0) is 14.3 Å². The van der Waals surface area contributed by atoms with Crippen molar-refractivity contribution in [3.05, 3.63) is 47.9 Å². The van der Waals surface area contributed by atoms with E-state index in [0.29, 0.717) is 34.5 Å². The van der Waals surface area contributed by atoms with Crippen LogP contribution >= 0.6 is 11.3 Å². The molecule has 266 valence electrons. The minimum Gasteiger partial charge on any atom is -0.497 e. The van der Waals surface area contributed by atoms with Crippen LogP contribution in [0.25, 0.3) is 21.5 Å². The summed E-state index contributed by atoms with van der Waals surface area (Å²) in [6, 6.07) is 7.38. The normalized spacial score (nSPS) is 25.0. The van der Waals surface area contributed by atoms with Crippen molar-refractivity contribution in [3.63, 3.8) is 0 Å². The standard InChI is InChI=1S/C35H42N6O8S/c1-34(2,3)49-32(45)39-41-15-9-7-5-6-8-11-21-19-35(21,31(43)44)36-30(42)26-18-23(20-40(26)33(41)46)48-29-24-17-22(47-4)13-14-25(24)37-38-28(29)27-12-10-16-50-27/h8,10-14,16-17,21,23,26H,5-7,9,15,18-20H2,1-4H3,(H,36,42)(H,39,45)(H,43,44)/b11-8-. The van der Waals surface area contributed by atoms with Gasteiger partial charge in [-0.05, 0) is 76.1 Å². The van der Waals surface area contributed by atoms with Gasteiger partial charge in [0.15, 0.2) is 5.75 Å². The molecule has 2 aromatic heterocycles. The van der Waals surface area contributed by atoms with Crippen molar-refractivity contribution in [2.24, 2.45) is 5.92 Å². The summed E-state index contributed by atoms with van der Waals surface area (Å²) in [4.78, 5) is 56.0. The zero-order chi connectivity index (χ0) is 35.6. The van der Waals surface area contributed by atoms with Crippen LogP contribution in [0.3, 0.4) is 0 Å². The molecule has 4 amide bonds. The fourth-order valence-electron chi connectivity index (χ4n) is 6.39. The van der Waals surface area contributed by atoms with E-state index < -0.39 is 47.3 Å². The van der Waals surface area contributed by atoms with E-state index in [0.717, 1.165) is 24.1 Å². The molecular formula is C35H42N6O8S. The Bertz CT molecular complexity index is 1790. The lowest BCUT2D eigenvalue weighted by Gasteiger charge is -2.32. The third-order valence-corrected chi connectivity index (χ3v) is 9.87. The van der Waals surface area contributed by atoms with Crippen LogP contribution in [0.5, 0.6) is 11.5 Å². The lowest BCUT2D eigenvalue weighted by Crippen LogP contribution is -2.58. The third kappa shape index (κ3) is 7.47. The topological polar surface area (TPSA) is 173 Å². The van der Waals surface area contributed by atoms with Gasteiger partial charge in [-0.3, -0.25) is 4.79 Å². The molecule has 4 atom stereocenters. The third-order valence-electron chi connectivity index (χ3n) is 8.99. The number of thiophene rings is 1. The highest BCUT2D eigenvalue weighted by Gasteiger charge is 2.61. The maximum absolute atomic E-state index is 14.3. The highest BCUT2D eigenvalue weighted by molar-refractivity contribution is 7.13. The number of carbonyl (C=O) groups excluding carboxylic acids is 3. The van der Waals surface area contributed by atoms with E-state index in [4.69, 9.17) is 14.2 Å². The second-order valence-electron chi connectivity index (χ2n) is 13.8. The number of fused-ring (bicyclic) bond motifs is 3. The number of carbonyl (C=O) groups is 4. The number of aliphatic carboxylic acids is 1. The number of methoxy groups -OCH3 is 1. The van der Waals surface area contributed by atoms with Gasteiger partial charge in [0, 0.05) is 18.9 Å². The number of hydrazine groups is 1. The minimum atomic E-state index is -1.47. The van der Waals surface area contributed by atoms with Crippen LogP contribution in [0.1, 0.15) is 59.3 Å². The summed E-state index contributed by atoms with van der Waals surface area (Å²) in [5, 5.41) is 25.6. The molecule has 2 fully saturated rings. The van der Waals surface area contributed by atoms with Crippen molar-refractivity contribution < 1.29 is 38.5 Å². The summed E-state index contributed by atoms with van der Waals surface area (Å²) >= 11 is 1.46. The van der Waals surface area contributed by atoms with E-state index in [1.165, 1.54) is 21.2 Å². The molecule has 3 N–H and O–H groups in total. The molecule has 1 saturated heterocycles. The number of carboxylic acid groups (broad SMARTS) is 1. The van der Waals surface area contributed by atoms with Gasteiger partial charge in [0.1, 0.15) is 34.7 Å². The number of hydrogen-bond acceptors (Lipinski definition) is 10. The number of benzene rings is 1. The second-order valence-corrected chi connectivity index (χ2v) is 14.7. The Hall–Kier alpha value is -4.92. The predicted octanol–water partition coefficient (Wildman–Crippen LogP) is 5.14. The molecule has 0 radical (unpaired) electrons. The van der Waals surface area contributed by atoms with E-state index in [-0.39, 0.29) is 31.8 Å². The van der Waals surface area contributed by atoms with Gasteiger partial charge in [0.25, 0.3) is 0 Å². The molecule has 14 nitrogen and oxygen atoms in total. The molecule has 0 spiro atoms. The number of carboxylic acids is 1. The molecule has 2 aliphatic heterocycles. The summed E-state index contributed by atoms with van der Waals surface area (Å²) in [6.07, 6.45) is 5.42. The van der Waals surface area contributed by atoms with E-state index >= 15 is 0 Å². The molecule has 4 unspecified atom stereocenters. The van der Waals surface area contributed by atoms with Crippen molar-refractivity contribution in [2.45, 2.75) is 82.6 Å². The highest BCUT2D eigenvalue weighted by atomic mass is 32.1. The number of nitrogens with one attached hydrogen (secondary N) is 2. The number of rotatable bonds is 6. The molecule has 1 saturated carbocycles. The molecule has 4 heterocycles. The van der Waals surface area contributed by atoms with Gasteiger partial charge in [-0.2, -0.15) is 0 Å². The number of allylic oxidation sites excluding steroid dienone is 1. The van der Waals surface area contributed by atoms with Crippen molar-refractivity contribution in [1.82, 2.24) is 30.8 Å². The maximum atomic E-state index is 14.3. The highest BCUT2D eigenvalue weighted by Crippen LogP contribution is 2.46. The molecule has 0 bridgehead atoms. The zero-order valence-corrected chi connectivity index (χ0v) is 29.3. The molecular weight excluding hydrogens is 664 g/mol. The molecule has 3 aromatic rings. The zero-order valence-electron chi connectivity index (χ0n) is 28.5. The van der Waals surface area contributed by atoms with Crippen LogP contribution < -0.4 is 20.2 Å². The molecule has 6 rings (SSSR count).